The van der Waals surface area contributed by atoms with Crippen molar-refractivity contribution < 1.29 is 23.8 Å². The van der Waals surface area contributed by atoms with E-state index in [-0.39, 0.29) is 12.5 Å². The first-order valence-electron chi connectivity index (χ1n) is 13.5. The van der Waals surface area contributed by atoms with Crippen molar-refractivity contribution in [2.75, 3.05) is 6.61 Å². The van der Waals surface area contributed by atoms with Crippen molar-refractivity contribution in [2.24, 2.45) is 0 Å². The molecule has 0 saturated carbocycles. The molecule has 2 N–H and O–H groups in total. The summed E-state index contributed by atoms with van der Waals surface area (Å²) in [7, 11) is 0. The molecule has 208 valence electrons. The summed E-state index contributed by atoms with van der Waals surface area (Å²) in [5.74, 6) is 1.69. The molecule has 0 fully saturated rings. The number of aliphatic carboxylic acids is 1. The highest BCUT2D eigenvalue weighted by molar-refractivity contribution is 5.68. The average molecular weight is 541 g/mol. The molecule has 40 heavy (non-hydrogen) atoms. The van der Waals surface area contributed by atoms with Crippen LogP contribution in [0, 0.1) is 6.92 Å². The van der Waals surface area contributed by atoms with E-state index < -0.39 is 5.97 Å². The Morgan fingerprint density at radius 1 is 0.975 bits per heavy atom. The smallest absolute Gasteiger partial charge is 0.303 e. The highest BCUT2D eigenvalue weighted by atomic mass is 16.5. The summed E-state index contributed by atoms with van der Waals surface area (Å²) in [6, 6.07) is 24.2. The number of hydrogen-bond acceptors (Lipinski definition) is 6. The summed E-state index contributed by atoms with van der Waals surface area (Å²) in [5, 5.41) is 12.3. The van der Waals surface area contributed by atoms with Crippen LogP contribution >= 0.6 is 0 Å². The van der Waals surface area contributed by atoms with E-state index in [4.69, 9.17) is 24.0 Å². The minimum Gasteiger partial charge on any atom is -0.493 e. The summed E-state index contributed by atoms with van der Waals surface area (Å²) in [6.07, 6.45) is 1.08. The molecule has 1 heterocycles. The fourth-order valence-corrected chi connectivity index (χ4v) is 4.35. The second-order valence-electron chi connectivity index (χ2n) is 9.83. The molecule has 0 unspecified atom stereocenters. The lowest BCUT2D eigenvalue weighted by Crippen LogP contribution is -2.18. The Bertz CT molecular complexity index is 1430. The molecule has 0 atom stereocenters. The SMILES string of the molecule is C=C(NCc1cc(OCCc2nc(-c3ccc(-c4ccccc4)cc3)oc2C)ccc1CCC(=O)O)OC(C)C. The third-order valence-corrected chi connectivity index (χ3v) is 6.38. The number of aromatic nitrogens is 1. The van der Waals surface area contributed by atoms with Crippen LogP contribution in [0.3, 0.4) is 0 Å². The largest absolute Gasteiger partial charge is 0.493 e. The molecule has 4 aromatic rings. The minimum atomic E-state index is -0.832. The average Bonchev–Trinajstić information content (AvgIpc) is 3.31. The van der Waals surface area contributed by atoms with Crippen LogP contribution in [0.4, 0.5) is 0 Å². The van der Waals surface area contributed by atoms with E-state index in [1.165, 1.54) is 0 Å². The summed E-state index contributed by atoms with van der Waals surface area (Å²) in [6.45, 7) is 10.5. The number of aryl methyl sites for hydroxylation is 2. The van der Waals surface area contributed by atoms with Crippen molar-refractivity contribution >= 4 is 5.97 Å². The number of ether oxygens (including phenoxy) is 2. The quantitative estimate of drug-likeness (QED) is 0.167. The normalized spacial score (nSPS) is 10.9. The van der Waals surface area contributed by atoms with Crippen LogP contribution in [-0.4, -0.2) is 28.8 Å². The zero-order valence-corrected chi connectivity index (χ0v) is 23.3. The first-order valence-corrected chi connectivity index (χ1v) is 13.5. The Morgan fingerprint density at radius 3 is 2.38 bits per heavy atom. The molecular formula is C33H36N2O5. The molecule has 1 aromatic heterocycles. The first-order chi connectivity index (χ1) is 19.3. The van der Waals surface area contributed by atoms with E-state index in [1.807, 2.05) is 69.3 Å². The van der Waals surface area contributed by atoms with Crippen molar-refractivity contribution in [3.63, 3.8) is 0 Å². The zero-order chi connectivity index (χ0) is 28.5. The van der Waals surface area contributed by atoms with Crippen LogP contribution in [-0.2, 0) is 28.9 Å². The Balaban J connectivity index is 1.38. The van der Waals surface area contributed by atoms with E-state index in [9.17, 15) is 4.79 Å². The molecule has 0 aliphatic rings. The van der Waals surface area contributed by atoms with E-state index >= 15 is 0 Å². The third kappa shape index (κ3) is 7.99. The molecule has 7 nitrogen and oxygen atoms in total. The summed E-state index contributed by atoms with van der Waals surface area (Å²) < 4.78 is 17.6. The fraction of sp³-hybridized carbons (Fsp3) is 0.273. The van der Waals surface area contributed by atoms with Gasteiger partial charge < -0.3 is 24.3 Å². The number of hydrogen-bond donors (Lipinski definition) is 2. The molecular weight excluding hydrogens is 504 g/mol. The first kappa shape index (κ1) is 28.5. The number of nitrogens with one attached hydrogen (secondary N) is 1. The number of rotatable bonds is 14. The van der Waals surface area contributed by atoms with Crippen LogP contribution in [0.25, 0.3) is 22.6 Å². The lowest BCUT2D eigenvalue weighted by molar-refractivity contribution is -0.136. The van der Waals surface area contributed by atoms with Crippen molar-refractivity contribution in [3.8, 4) is 28.3 Å². The lowest BCUT2D eigenvalue weighted by Gasteiger charge is -2.17. The van der Waals surface area contributed by atoms with Gasteiger partial charge in [0, 0.05) is 24.9 Å². The second-order valence-corrected chi connectivity index (χ2v) is 9.83. The van der Waals surface area contributed by atoms with E-state index in [0.29, 0.717) is 43.5 Å². The monoisotopic (exact) mass is 540 g/mol. The van der Waals surface area contributed by atoms with Crippen LogP contribution in [0.5, 0.6) is 5.75 Å². The maximum atomic E-state index is 11.1. The zero-order valence-electron chi connectivity index (χ0n) is 23.3. The molecule has 0 amide bonds. The third-order valence-electron chi connectivity index (χ3n) is 6.38. The van der Waals surface area contributed by atoms with Crippen molar-refractivity contribution in [3.05, 3.63) is 108 Å². The summed E-state index contributed by atoms with van der Waals surface area (Å²) in [4.78, 5) is 15.8. The van der Waals surface area contributed by atoms with Gasteiger partial charge in [-0.25, -0.2) is 4.98 Å². The molecule has 7 heteroatoms. The highest BCUT2D eigenvalue weighted by Gasteiger charge is 2.13. The van der Waals surface area contributed by atoms with Gasteiger partial charge in [-0.2, -0.15) is 0 Å². The van der Waals surface area contributed by atoms with Gasteiger partial charge in [-0.1, -0.05) is 48.5 Å². The van der Waals surface area contributed by atoms with Gasteiger partial charge in [-0.15, -0.1) is 0 Å². The van der Waals surface area contributed by atoms with Gasteiger partial charge in [0.05, 0.1) is 18.4 Å². The van der Waals surface area contributed by atoms with Crippen LogP contribution in [0.15, 0.2) is 89.7 Å². The molecule has 0 radical (unpaired) electrons. The van der Waals surface area contributed by atoms with Gasteiger partial charge in [0.25, 0.3) is 0 Å². The van der Waals surface area contributed by atoms with Gasteiger partial charge in [-0.05, 0) is 80.3 Å². The molecule has 3 aromatic carbocycles. The summed E-state index contributed by atoms with van der Waals surface area (Å²) >= 11 is 0. The van der Waals surface area contributed by atoms with E-state index in [1.54, 1.807) is 0 Å². The lowest BCUT2D eigenvalue weighted by atomic mass is 10.0. The predicted octanol–water partition coefficient (Wildman–Crippen LogP) is 6.94. The van der Waals surface area contributed by atoms with Gasteiger partial charge in [0.15, 0.2) is 5.88 Å². The van der Waals surface area contributed by atoms with Crippen molar-refractivity contribution in [1.29, 1.82) is 0 Å². The van der Waals surface area contributed by atoms with E-state index in [2.05, 4.69) is 36.2 Å². The molecule has 0 aliphatic heterocycles. The van der Waals surface area contributed by atoms with Crippen LogP contribution in [0.2, 0.25) is 0 Å². The molecule has 0 aliphatic carbocycles. The maximum Gasteiger partial charge on any atom is 0.303 e. The molecule has 0 saturated heterocycles. The number of benzene rings is 3. The maximum absolute atomic E-state index is 11.1. The van der Waals surface area contributed by atoms with Gasteiger partial charge in [0.2, 0.25) is 5.89 Å². The Labute approximate surface area is 235 Å². The van der Waals surface area contributed by atoms with Gasteiger partial charge >= 0.3 is 5.97 Å². The van der Waals surface area contributed by atoms with Gasteiger partial charge in [-0.3, -0.25) is 4.79 Å². The predicted molar refractivity (Wildman–Crippen MR) is 156 cm³/mol. The van der Waals surface area contributed by atoms with Crippen LogP contribution in [0.1, 0.15) is 42.8 Å². The fourth-order valence-electron chi connectivity index (χ4n) is 4.35. The second kappa shape index (κ2) is 13.5. The standard InChI is InChI=1S/C33H36N2O5/c1-22(2)39-24(4)34-21-29-20-30(16-14-27(29)15-17-32(36)37)38-19-18-31-23(3)40-33(35-31)28-12-10-26(11-13-28)25-8-6-5-7-9-25/h5-14,16,20,22,34H,4,15,17-19,21H2,1-3H3,(H,36,37). The summed E-state index contributed by atoms with van der Waals surface area (Å²) in [5.41, 5.74) is 5.96. The van der Waals surface area contributed by atoms with Crippen molar-refractivity contribution in [2.45, 2.75) is 52.7 Å². The Kier molecular flexibility index (Phi) is 9.62. The number of carboxylic acids is 1. The Morgan fingerprint density at radius 2 is 1.68 bits per heavy atom. The minimum absolute atomic E-state index is 0.00954. The molecule has 0 spiro atoms. The number of carbonyl (C=O) groups is 1. The Hall–Kier alpha value is -4.52. The number of carboxylic acid groups (broad SMARTS) is 1. The van der Waals surface area contributed by atoms with Crippen LogP contribution < -0.4 is 10.1 Å². The molecule has 0 bridgehead atoms. The number of nitrogens with zero attached hydrogens (tertiary/aromatic N) is 1. The van der Waals surface area contributed by atoms with Gasteiger partial charge in [0.1, 0.15) is 11.5 Å². The van der Waals surface area contributed by atoms with E-state index in [0.717, 1.165) is 39.3 Å². The topological polar surface area (TPSA) is 93.8 Å². The molecule has 4 rings (SSSR count). The van der Waals surface area contributed by atoms with Crippen molar-refractivity contribution in [1.82, 2.24) is 10.3 Å². The number of oxazole rings is 1. The highest BCUT2D eigenvalue weighted by Crippen LogP contribution is 2.26.